The minimum absolute atomic E-state index is 0.0418. The van der Waals surface area contributed by atoms with Crippen LogP contribution < -0.4 is 22.1 Å². The van der Waals surface area contributed by atoms with Crippen LogP contribution in [0.15, 0.2) is 0 Å². The predicted octanol–water partition coefficient (Wildman–Crippen LogP) is -1.75. The molecule has 0 rings (SSSR count). The SMILES string of the molecule is CSCC[C@H](NC(=O)[C@H](CCC(=O)O)NC(=O)[C@@H](N)CCC(N)=O)C(=O)O. The van der Waals surface area contributed by atoms with E-state index in [-0.39, 0.29) is 25.7 Å². The normalized spacial score (nSPS) is 13.9. The van der Waals surface area contributed by atoms with E-state index in [1.807, 2.05) is 0 Å². The van der Waals surface area contributed by atoms with Crippen molar-refractivity contribution in [1.29, 1.82) is 0 Å². The van der Waals surface area contributed by atoms with Crippen molar-refractivity contribution in [3.8, 4) is 0 Å². The van der Waals surface area contributed by atoms with E-state index in [0.29, 0.717) is 5.75 Å². The number of thioether (sulfide) groups is 1. The third kappa shape index (κ3) is 11.1. The number of primary amides is 1. The zero-order chi connectivity index (χ0) is 21.0. The lowest BCUT2D eigenvalue weighted by Crippen LogP contribution is -2.54. The number of hydrogen-bond donors (Lipinski definition) is 6. The van der Waals surface area contributed by atoms with Gasteiger partial charge >= 0.3 is 11.9 Å². The Balaban J connectivity index is 5.01. The molecule has 0 aliphatic rings. The van der Waals surface area contributed by atoms with Crippen molar-refractivity contribution in [1.82, 2.24) is 10.6 Å². The Morgan fingerprint density at radius 3 is 2.00 bits per heavy atom. The summed E-state index contributed by atoms with van der Waals surface area (Å²) >= 11 is 1.40. The molecular formula is C15H26N4O7S. The van der Waals surface area contributed by atoms with Gasteiger partial charge in [0.05, 0.1) is 6.04 Å². The molecule has 0 aromatic rings. The number of carbonyl (C=O) groups excluding carboxylic acids is 3. The molecule has 0 aliphatic heterocycles. The third-order valence-corrected chi connectivity index (χ3v) is 4.19. The van der Waals surface area contributed by atoms with E-state index in [0.717, 1.165) is 0 Å². The van der Waals surface area contributed by atoms with Gasteiger partial charge in [0.2, 0.25) is 17.7 Å². The minimum atomic E-state index is -1.27. The van der Waals surface area contributed by atoms with Gasteiger partial charge < -0.3 is 32.3 Å². The van der Waals surface area contributed by atoms with Crippen LogP contribution in [0.25, 0.3) is 0 Å². The Hall–Kier alpha value is -2.34. The summed E-state index contributed by atoms with van der Waals surface area (Å²) in [6.07, 6.45) is 1.11. The van der Waals surface area contributed by atoms with Crippen molar-refractivity contribution >= 4 is 41.4 Å². The molecule has 0 aromatic heterocycles. The molecule has 0 spiro atoms. The van der Waals surface area contributed by atoms with Crippen LogP contribution in [0.2, 0.25) is 0 Å². The molecule has 11 nitrogen and oxygen atoms in total. The molecule has 0 fully saturated rings. The number of carboxylic acid groups (broad SMARTS) is 2. The first-order valence-electron chi connectivity index (χ1n) is 8.16. The number of carbonyl (C=O) groups is 5. The average molecular weight is 406 g/mol. The lowest BCUT2D eigenvalue weighted by molar-refractivity contribution is -0.143. The van der Waals surface area contributed by atoms with Crippen molar-refractivity contribution < 1.29 is 34.2 Å². The molecule has 0 radical (unpaired) electrons. The summed E-state index contributed by atoms with van der Waals surface area (Å²) in [5.74, 6) is -4.16. The Labute approximate surface area is 160 Å². The largest absolute Gasteiger partial charge is 0.481 e. The molecule has 0 aromatic carbocycles. The fourth-order valence-electron chi connectivity index (χ4n) is 2.01. The smallest absolute Gasteiger partial charge is 0.326 e. The molecule has 12 heteroatoms. The molecule has 3 amide bonds. The summed E-state index contributed by atoms with van der Waals surface area (Å²) in [6, 6.07) is -3.56. The Morgan fingerprint density at radius 1 is 0.926 bits per heavy atom. The monoisotopic (exact) mass is 406 g/mol. The first-order chi connectivity index (χ1) is 12.6. The summed E-state index contributed by atoms with van der Waals surface area (Å²) in [7, 11) is 0. The molecule has 0 aliphatic carbocycles. The van der Waals surface area contributed by atoms with Crippen molar-refractivity contribution in [2.75, 3.05) is 12.0 Å². The van der Waals surface area contributed by atoms with Crippen LogP contribution in [0, 0.1) is 0 Å². The molecule has 0 saturated heterocycles. The average Bonchev–Trinajstić information content (AvgIpc) is 2.58. The number of carboxylic acids is 2. The maximum atomic E-state index is 12.4. The summed E-state index contributed by atoms with van der Waals surface area (Å²) in [5.41, 5.74) is 10.6. The molecule has 0 saturated carbocycles. The number of rotatable bonds is 14. The highest BCUT2D eigenvalue weighted by atomic mass is 32.2. The van der Waals surface area contributed by atoms with Gasteiger partial charge in [-0.2, -0.15) is 11.8 Å². The summed E-state index contributed by atoms with van der Waals surface area (Å²) in [5, 5.41) is 22.6. The third-order valence-electron chi connectivity index (χ3n) is 3.54. The van der Waals surface area contributed by atoms with Gasteiger partial charge in [0.1, 0.15) is 12.1 Å². The van der Waals surface area contributed by atoms with E-state index in [9.17, 15) is 29.1 Å². The van der Waals surface area contributed by atoms with Crippen LogP contribution in [0.3, 0.4) is 0 Å². The summed E-state index contributed by atoms with van der Waals surface area (Å²) in [4.78, 5) is 57.2. The Bertz CT molecular complexity index is 558. The van der Waals surface area contributed by atoms with E-state index in [1.165, 1.54) is 11.8 Å². The highest BCUT2D eigenvalue weighted by Crippen LogP contribution is 2.05. The number of amides is 3. The van der Waals surface area contributed by atoms with Gasteiger partial charge in [-0.3, -0.25) is 19.2 Å². The molecule has 8 N–H and O–H groups in total. The molecule has 3 atom stereocenters. The molecule has 27 heavy (non-hydrogen) atoms. The van der Waals surface area contributed by atoms with Crippen LogP contribution in [0.4, 0.5) is 0 Å². The zero-order valence-corrected chi connectivity index (χ0v) is 15.8. The van der Waals surface area contributed by atoms with Gasteiger partial charge in [0.25, 0.3) is 0 Å². The van der Waals surface area contributed by atoms with Gasteiger partial charge in [-0.25, -0.2) is 4.79 Å². The van der Waals surface area contributed by atoms with Gasteiger partial charge in [-0.15, -0.1) is 0 Å². The molecular weight excluding hydrogens is 380 g/mol. The fourth-order valence-corrected chi connectivity index (χ4v) is 2.48. The molecule has 0 heterocycles. The second kappa shape index (κ2) is 12.9. The van der Waals surface area contributed by atoms with Crippen LogP contribution >= 0.6 is 11.8 Å². The van der Waals surface area contributed by atoms with Crippen molar-refractivity contribution in [2.45, 2.75) is 50.2 Å². The number of hydrogen-bond acceptors (Lipinski definition) is 7. The lowest BCUT2D eigenvalue weighted by Gasteiger charge is -2.22. The Morgan fingerprint density at radius 2 is 1.52 bits per heavy atom. The van der Waals surface area contributed by atoms with Crippen LogP contribution in [0.1, 0.15) is 32.1 Å². The van der Waals surface area contributed by atoms with Crippen LogP contribution in [-0.4, -0.2) is 70.0 Å². The maximum absolute atomic E-state index is 12.4. The first kappa shape index (κ1) is 24.7. The van der Waals surface area contributed by atoms with E-state index in [4.69, 9.17) is 16.6 Å². The Kier molecular flexibility index (Phi) is 11.8. The van der Waals surface area contributed by atoms with E-state index < -0.39 is 54.2 Å². The number of aliphatic carboxylic acids is 2. The highest BCUT2D eigenvalue weighted by molar-refractivity contribution is 7.98. The molecule has 0 bridgehead atoms. The summed E-state index contributed by atoms with van der Waals surface area (Å²) in [6.45, 7) is 0. The summed E-state index contributed by atoms with van der Waals surface area (Å²) < 4.78 is 0. The van der Waals surface area contributed by atoms with Gasteiger partial charge in [-0.1, -0.05) is 0 Å². The number of nitrogens with two attached hydrogens (primary N) is 2. The second-order valence-corrected chi connectivity index (χ2v) is 6.77. The van der Waals surface area contributed by atoms with E-state index in [1.54, 1.807) is 6.26 Å². The molecule has 154 valence electrons. The van der Waals surface area contributed by atoms with Crippen LogP contribution in [-0.2, 0) is 24.0 Å². The molecule has 0 unspecified atom stereocenters. The van der Waals surface area contributed by atoms with E-state index in [2.05, 4.69) is 10.6 Å². The maximum Gasteiger partial charge on any atom is 0.326 e. The van der Waals surface area contributed by atoms with Gasteiger partial charge in [0.15, 0.2) is 0 Å². The minimum Gasteiger partial charge on any atom is -0.481 e. The van der Waals surface area contributed by atoms with Gasteiger partial charge in [0, 0.05) is 12.8 Å². The van der Waals surface area contributed by atoms with E-state index >= 15 is 0 Å². The van der Waals surface area contributed by atoms with Crippen molar-refractivity contribution in [3.05, 3.63) is 0 Å². The van der Waals surface area contributed by atoms with Crippen LogP contribution in [0.5, 0.6) is 0 Å². The lowest BCUT2D eigenvalue weighted by atomic mass is 10.1. The topological polar surface area (TPSA) is 202 Å². The van der Waals surface area contributed by atoms with Crippen molar-refractivity contribution in [2.24, 2.45) is 11.5 Å². The zero-order valence-electron chi connectivity index (χ0n) is 15.0. The second-order valence-electron chi connectivity index (χ2n) is 5.79. The first-order valence-corrected chi connectivity index (χ1v) is 9.56. The van der Waals surface area contributed by atoms with Crippen molar-refractivity contribution in [3.63, 3.8) is 0 Å². The van der Waals surface area contributed by atoms with Gasteiger partial charge in [-0.05, 0) is 31.3 Å². The highest BCUT2D eigenvalue weighted by Gasteiger charge is 2.28. The predicted molar refractivity (Wildman–Crippen MR) is 97.8 cm³/mol. The standard InChI is InChI=1S/C15H26N4O7S/c1-27-7-6-10(15(25)26)19-14(24)9(3-5-12(21)22)18-13(23)8(16)2-4-11(17)20/h8-10H,2-7,16H2,1H3,(H2,17,20)(H,18,23)(H,19,24)(H,21,22)(H,25,26)/t8-,9-,10-/m0/s1. The quantitative estimate of drug-likeness (QED) is 0.193. The number of nitrogens with one attached hydrogen (secondary N) is 2. The fraction of sp³-hybridized carbons (Fsp3) is 0.667.